The van der Waals surface area contributed by atoms with Crippen LogP contribution in [0.25, 0.3) is 0 Å². The Labute approximate surface area is 157 Å². The summed E-state index contributed by atoms with van der Waals surface area (Å²) >= 11 is 0. The lowest BCUT2D eigenvalue weighted by Gasteiger charge is -2.15. The zero-order valence-electron chi connectivity index (χ0n) is 15.5. The Morgan fingerprint density at radius 3 is 2.48 bits per heavy atom. The molecular weight excluding hydrogens is 356 g/mol. The number of aliphatic imine (C=N–C) groups is 1. The summed E-state index contributed by atoms with van der Waals surface area (Å²) in [6, 6.07) is 8.61. The zero-order chi connectivity index (χ0) is 19.6. The van der Waals surface area contributed by atoms with E-state index < -0.39 is 11.6 Å². The van der Waals surface area contributed by atoms with Crippen molar-refractivity contribution in [3.05, 3.63) is 48.0 Å². The van der Waals surface area contributed by atoms with E-state index in [9.17, 15) is 8.78 Å². The van der Waals surface area contributed by atoms with E-state index in [-0.39, 0.29) is 12.4 Å². The van der Waals surface area contributed by atoms with E-state index in [1.807, 2.05) is 13.0 Å². The standard InChI is InChI=1S/C19H23F2N3O3/c1-4-26-17-8-6-14(12-18(17)25-3)24-19(22-2)23-9-10-27-16-7-5-13(20)11-15(16)21/h5-8,11-12H,4,9-10H2,1-3H3,(H2,22,23,24). The molecule has 0 aliphatic carbocycles. The smallest absolute Gasteiger partial charge is 0.195 e. The van der Waals surface area contributed by atoms with Crippen LogP contribution in [0.5, 0.6) is 17.2 Å². The minimum atomic E-state index is -0.737. The molecule has 2 aromatic rings. The molecule has 27 heavy (non-hydrogen) atoms. The fraction of sp³-hybridized carbons (Fsp3) is 0.316. The number of halogens is 2. The molecule has 0 radical (unpaired) electrons. The Bertz CT molecular complexity index is 785. The van der Waals surface area contributed by atoms with Crippen LogP contribution in [0.1, 0.15) is 6.92 Å². The van der Waals surface area contributed by atoms with Gasteiger partial charge in [0.05, 0.1) is 20.3 Å². The summed E-state index contributed by atoms with van der Waals surface area (Å²) in [4.78, 5) is 4.11. The summed E-state index contributed by atoms with van der Waals surface area (Å²) < 4.78 is 42.5. The molecule has 8 heteroatoms. The highest BCUT2D eigenvalue weighted by Gasteiger charge is 2.08. The van der Waals surface area contributed by atoms with E-state index in [1.54, 1.807) is 26.3 Å². The second-order valence-electron chi connectivity index (χ2n) is 5.35. The van der Waals surface area contributed by atoms with Crippen molar-refractivity contribution in [2.75, 3.05) is 39.2 Å². The first kappa shape index (κ1) is 20.3. The van der Waals surface area contributed by atoms with Gasteiger partial charge in [0.25, 0.3) is 0 Å². The number of methoxy groups -OCH3 is 1. The molecule has 2 N–H and O–H groups in total. The van der Waals surface area contributed by atoms with Crippen LogP contribution in [0.3, 0.4) is 0 Å². The number of nitrogens with one attached hydrogen (secondary N) is 2. The maximum Gasteiger partial charge on any atom is 0.195 e. The summed E-state index contributed by atoms with van der Waals surface area (Å²) in [5.41, 5.74) is 0.758. The maximum atomic E-state index is 13.5. The predicted molar refractivity (Wildman–Crippen MR) is 101 cm³/mol. The van der Waals surface area contributed by atoms with Crippen molar-refractivity contribution >= 4 is 11.6 Å². The van der Waals surface area contributed by atoms with E-state index in [1.165, 1.54) is 6.07 Å². The third kappa shape index (κ3) is 6.02. The molecule has 2 rings (SSSR count). The van der Waals surface area contributed by atoms with Gasteiger partial charge >= 0.3 is 0 Å². The van der Waals surface area contributed by atoms with Crippen molar-refractivity contribution in [2.45, 2.75) is 6.92 Å². The van der Waals surface area contributed by atoms with Gasteiger partial charge in [-0.1, -0.05) is 0 Å². The Morgan fingerprint density at radius 2 is 1.81 bits per heavy atom. The Balaban J connectivity index is 1.87. The molecule has 0 bridgehead atoms. The minimum Gasteiger partial charge on any atom is -0.493 e. The van der Waals surface area contributed by atoms with Crippen LogP contribution >= 0.6 is 0 Å². The second kappa shape index (κ2) is 10.2. The second-order valence-corrected chi connectivity index (χ2v) is 5.35. The highest BCUT2D eigenvalue weighted by molar-refractivity contribution is 5.93. The SMILES string of the molecule is CCOc1ccc(NC(=NC)NCCOc2ccc(F)cc2F)cc1OC. The molecule has 0 saturated heterocycles. The number of anilines is 1. The molecule has 0 amide bonds. The van der Waals surface area contributed by atoms with Crippen LogP contribution in [0.4, 0.5) is 14.5 Å². The quantitative estimate of drug-likeness (QED) is 0.418. The molecule has 0 fully saturated rings. The number of benzene rings is 2. The number of nitrogens with zero attached hydrogens (tertiary/aromatic N) is 1. The van der Waals surface area contributed by atoms with Crippen molar-refractivity contribution in [1.29, 1.82) is 0 Å². The van der Waals surface area contributed by atoms with E-state index in [2.05, 4.69) is 15.6 Å². The molecule has 0 aromatic heterocycles. The molecule has 0 heterocycles. The molecule has 0 spiro atoms. The number of hydrogen-bond acceptors (Lipinski definition) is 4. The number of hydrogen-bond donors (Lipinski definition) is 2. The van der Waals surface area contributed by atoms with Crippen LogP contribution in [0, 0.1) is 11.6 Å². The third-order valence-electron chi connectivity index (χ3n) is 3.50. The monoisotopic (exact) mass is 379 g/mol. The summed E-state index contributed by atoms with van der Waals surface area (Å²) in [6.07, 6.45) is 0. The molecule has 0 unspecified atom stereocenters. The van der Waals surface area contributed by atoms with Gasteiger partial charge in [0.2, 0.25) is 0 Å². The largest absolute Gasteiger partial charge is 0.493 e. The Kier molecular flexibility index (Phi) is 7.66. The molecule has 2 aromatic carbocycles. The highest BCUT2D eigenvalue weighted by atomic mass is 19.1. The van der Waals surface area contributed by atoms with E-state index in [0.717, 1.165) is 17.8 Å². The van der Waals surface area contributed by atoms with E-state index in [4.69, 9.17) is 14.2 Å². The summed E-state index contributed by atoms with van der Waals surface area (Å²) in [5.74, 6) is 0.379. The minimum absolute atomic E-state index is 0.00241. The fourth-order valence-electron chi connectivity index (χ4n) is 2.26. The van der Waals surface area contributed by atoms with E-state index in [0.29, 0.717) is 30.6 Å². The highest BCUT2D eigenvalue weighted by Crippen LogP contribution is 2.30. The average molecular weight is 379 g/mol. The molecule has 6 nitrogen and oxygen atoms in total. The van der Waals surface area contributed by atoms with Gasteiger partial charge < -0.3 is 24.8 Å². The van der Waals surface area contributed by atoms with E-state index >= 15 is 0 Å². The van der Waals surface area contributed by atoms with Crippen molar-refractivity contribution < 1.29 is 23.0 Å². The predicted octanol–water partition coefficient (Wildman–Crippen LogP) is 3.44. The summed E-state index contributed by atoms with van der Waals surface area (Å²) in [7, 11) is 3.20. The van der Waals surface area contributed by atoms with Gasteiger partial charge in [-0.05, 0) is 31.2 Å². The third-order valence-corrected chi connectivity index (χ3v) is 3.50. The first-order valence-electron chi connectivity index (χ1n) is 8.43. The lowest BCUT2D eigenvalue weighted by molar-refractivity contribution is 0.305. The Morgan fingerprint density at radius 1 is 1.04 bits per heavy atom. The summed E-state index contributed by atoms with van der Waals surface area (Å²) in [6.45, 7) is 2.98. The van der Waals surface area contributed by atoms with Gasteiger partial charge in [-0.3, -0.25) is 4.99 Å². The molecule has 0 saturated carbocycles. The lowest BCUT2D eigenvalue weighted by atomic mass is 10.2. The Hall–Kier alpha value is -3.03. The van der Waals surface area contributed by atoms with Gasteiger partial charge in [0, 0.05) is 24.9 Å². The van der Waals surface area contributed by atoms with Gasteiger partial charge in [-0.15, -0.1) is 0 Å². The van der Waals surface area contributed by atoms with Gasteiger partial charge in [0.15, 0.2) is 29.0 Å². The van der Waals surface area contributed by atoms with Gasteiger partial charge in [-0.2, -0.15) is 0 Å². The molecular formula is C19H23F2N3O3. The van der Waals surface area contributed by atoms with Crippen LogP contribution in [0.2, 0.25) is 0 Å². The number of guanidine groups is 1. The normalized spacial score (nSPS) is 11.1. The molecule has 146 valence electrons. The number of ether oxygens (including phenoxy) is 3. The topological polar surface area (TPSA) is 64.1 Å². The van der Waals surface area contributed by atoms with Crippen LogP contribution < -0.4 is 24.8 Å². The van der Waals surface area contributed by atoms with Crippen LogP contribution in [-0.2, 0) is 0 Å². The zero-order valence-corrected chi connectivity index (χ0v) is 15.5. The van der Waals surface area contributed by atoms with Crippen molar-refractivity contribution in [3.63, 3.8) is 0 Å². The first-order valence-corrected chi connectivity index (χ1v) is 8.43. The average Bonchev–Trinajstić information content (AvgIpc) is 2.66. The van der Waals surface area contributed by atoms with Gasteiger partial charge in [-0.25, -0.2) is 8.78 Å². The lowest BCUT2D eigenvalue weighted by Crippen LogP contribution is -2.33. The van der Waals surface area contributed by atoms with Crippen molar-refractivity contribution in [3.8, 4) is 17.2 Å². The van der Waals surface area contributed by atoms with Crippen molar-refractivity contribution in [1.82, 2.24) is 5.32 Å². The molecule has 0 atom stereocenters. The number of rotatable bonds is 8. The summed E-state index contributed by atoms with van der Waals surface area (Å²) in [5, 5.41) is 6.16. The fourth-order valence-corrected chi connectivity index (χ4v) is 2.26. The maximum absolute atomic E-state index is 13.5. The van der Waals surface area contributed by atoms with Gasteiger partial charge in [0.1, 0.15) is 12.4 Å². The van der Waals surface area contributed by atoms with Crippen molar-refractivity contribution in [2.24, 2.45) is 4.99 Å². The molecule has 0 aliphatic heterocycles. The first-order chi connectivity index (χ1) is 13.1. The van der Waals surface area contributed by atoms with Crippen LogP contribution in [-0.4, -0.2) is 39.9 Å². The van der Waals surface area contributed by atoms with Crippen LogP contribution in [0.15, 0.2) is 41.4 Å². The molecule has 0 aliphatic rings.